The van der Waals surface area contributed by atoms with Crippen LogP contribution in [0.15, 0.2) is 24.3 Å². The SMILES string of the molecule is COc1ccc(-c2n[nH]c(=S)n2CCC(=O)NCC(F)(F)F)cc1. The minimum absolute atomic E-state index is 0.111. The highest BCUT2D eigenvalue weighted by atomic mass is 32.1. The normalized spacial score (nSPS) is 11.3. The van der Waals surface area contributed by atoms with Crippen LogP contribution >= 0.6 is 12.2 Å². The molecule has 0 unspecified atom stereocenters. The van der Waals surface area contributed by atoms with Crippen LogP contribution in [0.5, 0.6) is 5.75 Å². The van der Waals surface area contributed by atoms with Crippen LogP contribution < -0.4 is 10.1 Å². The molecule has 1 aromatic carbocycles. The molecule has 2 N–H and O–H groups in total. The second kappa shape index (κ2) is 7.47. The average Bonchev–Trinajstić information content (AvgIpc) is 2.91. The number of methoxy groups -OCH3 is 1. The van der Waals surface area contributed by atoms with Crippen LogP contribution in [0.1, 0.15) is 6.42 Å². The molecule has 130 valence electrons. The number of carbonyl (C=O) groups excluding carboxylic acids is 1. The molecule has 0 spiro atoms. The van der Waals surface area contributed by atoms with E-state index in [1.54, 1.807) is 35.9 Å². The predicted octanol–water partition coefficient (Wildman–Crippen LogP) is 2.68. The molecule has 1 heterocycles. The lowest BCUT2D eigenvalue weighted by molar-refractivity contribution is -0.138. The van der Waals surface area contributed by atoms with Crippen LogP contribution in [0.3, 0.4) is 0 Å². The van der Waals surface area contributed by atoms with E-state index in [0.29, 0.717) is 11.6 Å². The first-order chi connectivity index (χ1) is 11.3. The van der Waals surface area contributed by atoms with Crippen LogP contribution in [-0.4, -0.2) is 40.5 Å². The molecule has 0 fully saturated rings. The van der Waals surface area contributed by atoms with Gasteiger partial charge < -0.3 is 10.1 Å². The fourth-order valence-electron chi connectivity index (χ4n) is 1.99. The largest absolute Gasteiger partial charge is 0.497 e. The number of nitrogens with zero attached hydrogens (tertiary/aromatic N) is 2. The summed E-state index contributed by atoms with van der Waals surface area (Å²) in [7, 11) is 1.55. The number of aromatic amines is 1. The molecule has 24 heavy (non-hydrogen) atoms. The minimum Gasteiger partial charge on any atom is -0.497 e. The Balaban J connectivity index is 2.07. The van der Waals surface area contributed by atoms with Crippen molar-refractivity contribution in [3.63, 3.8) is 0 Å². The number of benzene rings is 1. The van der Waals surface area contributed by atoms with E-state index in [2.05, 4.69) is 10.2 Å². The third kappa shape index (κ3) is 4.82. The van der Waals surface area contributed by atoms with E-state index in [-0.39, 0.29) is 17.7 Å². The van der Waals surface area contributed by atoms with E-state index < -0.39 is 18.6 Å². The van der Waals surface area contributed by atoms with Crippen molar-refractivity contribution in [3.05, 3.63) is 29.0 Å². The Morgan fingerprint density at radius 1 is 1.38 bits per heavy atom. The molecule has 0 saturated heterocycles. The molecule has 0 saturated carbocycles. The van der Waals surface area contributed by atoms with Gasteiger partial charge in [0.15, 0.2) is 10.6 Å². The quantitative estimate of drug-likeness (QED) is 0.777. The number of amides is 1. The van der Waals surface area contributed by atoms with Crippen molar-refractivity contribution in [2.75, 3.05) is 13.7 Å². The van der Waals surface area contributed by atoms with Crippen molar-refractivity contribution in [2.45, 2.75) is 19.1 Å². The molecule has 1 amide bonds. The second-order valence-corrected chi connectivity index (χ2v) is 5.26. The maximum absolute atomic E-state index is 12.1. The number of H-pyrrole nitrogens is 1. The Morgan fingerprint density at radius 2 is 2.04 bits per heavy atom. The molecule has 0 atom stereocenters. The highest BCUT2D eigenvalue weighted by Gasteiger charge is 2.27. The van der Waals surface area contributed by atoms with E-state index in [4.69, 9.17) is 17.0 Å². The first-order valence-corrected chi connectivity index (χ1v) is 7.34. The topological polar surface area (TPSA) is 71.9 Å². The van der Waals surface area contributed by atoms with E-state index >= 15 is 0 Å². The lowest BCUT2D eigenvalue weighted by Crippen LogP contribution is -2.34. The van der Waals surface area contributed by atoms with E-state index in [1.807, 2.05) is 5.32 Å². The highest BCUT2D eigenvalue weighted by molar-refractivity contribution is 7.71. The van der Waals surface area contributed by atoms with Crippen LogP contribution in [0.2, 0.25) is 0 Å². The van der Waals surface area contributed by atoms with E-state index in [0.717, 1.165) is 5.56 Å². The van der Waals surface area contributed by atoms with Crippen molar-refractivity contribution in [1.29, 1.82) is 0 Å². The average molecular weight is 360 g/mol. The number of halogens is 3. The van der Waals surface area contributed by atoms with Crippen molar-refractivity contribution in [3.8, 4) is 17.1 Å². The van der Waals surface area contributed by atoms with Gasteiger partial charge in [-0.2, -0.15) is 18.3 Å². The summed E-state index contributed by atoms with van der Waals surface area (Å²) in [5.74, 6) is 0.452. The van der Waals surface area contributed by atoms with Gasteiger partial charge in [-0.25, -0.2) is 0 Å². The summed E-state index contributed by atoms with van der Waals surface area (Å²) in [5, 5.41) is 8.54. The lowest BCUT2D eigenvalue weighted by Gasteiger charge is -2.10. The van der Waals surface area contributed by atoms with Gasteiger partial charge in [0.05, 0.1) is 7.11 Å². The standard InChI is InChI=1S/C14H15F3N4O2S/c1-23-10-4-2-9(3-5-10)12-19-20-13(24)21(12)7-6-11(22)18-8-14(15,16)17/h2-5H,6-8H2,1H3,(H,18,22)(H,20,24). The Labute approximate surface area is 140 Å². The molecule has 6 nitrogen and oxygen atoms in total. The van der Waals surface area contributed by atoms with Crippen LogP contribution in [0.25, 0.3) is 11.4 Å². The van der Waals surface area contributed by atoms with Crippen LogP contribution in [0, 0.1) is 4.77 Å². The lowest BCUT2D eigenvalue weighted by atomic mass is 10.2. The predicted molar refractivity (Wildman–Crippen MR) is 83.1 cm³/mol. The summed E-state index contributed by atoms with van der Waals surface area (Å²) in [5.41, 5.74) is 0.735. The van der Waals surface area contributed by atoms with Gasteiger partial charge in [0, 0.05) is 18.5 Å². The number of alkyl halides is 3. The van der Waals surface area contributed by atoms with Crippen LogP contribution in [0.4, 0.5) is 13.2 Å². The second-order valence-electron chi connectivity index (χ2n) is 4.87. The van der Waals surface area contributed by atoms with Gasteiger partial charge in [-0.15, -0.1) is 0 Å². The van der Waals surface area contributed by atoms with Crippen molar-refractivity contribution in [2.24, 2.45) is 0 Å². The molecule has 10 heteroatoms. The molecular weight excluding hydrogens is 345 g/mol. The number of hydrogen-bond donors (Lipinski definition) is 2. The third-order valence-electron chi connectivity index (χ3n) is 3.15. The minimum atomic E-state index is -4.43. The zero-order valence-electron chi connectivity index (χ0n) is 12.7. The first-order valence-electron chi connectivity index (χ1n) is 6.93. The molecular formula is C14H15F3N4O2S. The van der Waals surface area contributed by atoms with Gasteiger partial charge in [-0.3, -0.25) is 14.5 Å². The molecule has 0 radical (unpaired) electrons. The number of aromatic nitrogens is 3. The maximum Gasteiger partial charge on any atom is 0.405 e. The fourth-order valence-corrected chi connectivity index (χ4v) is 2.21. The Kier molecular flexibility index (Phi) is 5.60. The van der Waals surface area contributed by atoms with Crippen molar-refractivity contribution in [1.82, 2.24) is 20.1 Å². The third-order valence-corrected chi connectivity index (χ3v) is 3.47. The molecule has 0 aliphatic carbocycles. The summed E-state index contributed by atoms with van der Waals surface area (Å²) in [6.45, 7) is -1.24. The summed E-state index contributed by atoms with van der Waals surface area (Å²) in [6, 6.07) is 7.02. The van der Waals surface area contributed by atoms with Gasteiger partial charge in [0.2, 0.25) is 5.91 Å². The molecule has 2 aromatic rings. The Bertz CT molecular complexity index is 753. The zero-order valence-corrected chi connectivity index (χ0v) is 13.5. The number of ether oxygens (including phenoxy) is 1. The number of carbonyl (C=O) groups is 1. The monoisotopic (exact) mass is 360 g/mol. The molecule has 1 aromatic heterocycles. The summed E-state index contributed by atoms with van der Waals surface area (Å²) in [4.78, 5) is 11.5. The summed E-state index contributed by atoms with van der Waals surface area (Å²) >= 11 is 5.11. The van der Waals surface area contributed by atoms with Gasteiger partial charge in [0.1, 0.15) is 12.3 Å². The molecule has 0 bridgehead atoms. The van der Waals surface area contributed by atoms with E-state index in [9.17, 15) is 18.0 Å². The molecule has 2 rings (SSSR count). The maximum atomic E-state index is 12.1. The van der Waals surface area contributed by atoms with Gasteiger partial charge in [-0.05, 0) is 36.5 Å². The van der Waals surface area contributed by atoms with Gasteiger partial charge in [0.25, 0.3) is 0 Å². The van der Waals surface area contributed by atoms with Gasteiger partial charge >= 0.3 is 6.18 Å². The fraction of sp³-hybridized carbons (Fsp3) is 0.357. The van der Waals surface area contributed by atoms with E-state index in [1.165, 1.54) is 0 Å². The number of rotatable bonds is 6. The number of nitrogens with one attached hydrogen (secondary N) is 2. The van der Waals surface area contributed by atoms with Crippen molar-refractivity contribution < 1.29 is 22.7 Å². The highest BCUT2D eigenvalue weighted by Crippen LogP contribution is 2.21. The number of hydrogen-bond acceptors (Lipinski definition) is 4. The van der Waals surface area contributed by atoms with Gasteiger partial charge in [-0.1, -0.05) is 0 Å². The van der Waals surface area contributed by atoms with Crippen LogP contribution in [-0.2, 0) is 11.3 Å². The summed E-state index contributed by atoms with van der Waals surface area (Å²) in [6.07, 6.45) is -4.58. The molecule has 0 aliphatic heterocycles. The smallest absolute Gasteiger partial charge is 0.405 e. The van der Waals surface area contributed by atoms with Crippen molar-refractivity contribution >= 4 is 18.1 Å². The Hall–Kier alpha value is -2.36. The Morgan fingerprint density at radius 3 is 2.62 bits per heavy atom. The first kappa shape index (κ1) is 18.0. The summed E-state index contributed by atoms with van der Waals surface area (Å²) < 4.78 is 43.2. The molecule has 0 aliphatic rings. The zero-order chi connectivity index (χ0) is 17.7.